The molecular formula is C20H22O3S. The molecule has 0 N–H and O–H groups in total. The highest BCUT2D eigenvalue weighted by molar-refractivity contribution is 7.99. The van der Waals surface area contributed by atoms with Gasteiger partial charge in [-0.15, -0.1) is 11.8 Å². The van der Waals surface area contributed by atoms with Crippen LogP contribution in [-0.2, 0) is 9.53 Å². The van der Waals surface area contributed by atoms with Crippen molar-refractivity contribution in [2.45, 2.75) is 18.2 Å². The Morgan fingerprint density at radius 3 is 2.38 bits per heavy atom. The molecule has 0 fully saturated rings. The molecule has 0 aliphatic heterocycles. The van der Waals surface area contributed by atoms with Crippen molar-refractivity contribution in [2.75, 3.05) is 19.0 Å². The van der Waals surface area contributed by atoms with E-state index in [1.807, 2.05) is 54.6 Å². The van der Waals surface area contributed by atoms with Crippen molar-refractivity contribution in [3.8, 4) is 5.75 Å². The Morgan fingerprint density at radius 2 is 1.67 bits per heavy atom. The van der Waals surface area contributed by atoms with Crippen molar-refractivity contribution in [1.82, 2.24) is 0 Å². The van der Waals surface area contributed by atoms with E-state index < -0.39 is 0 Å². The predicted molar refractivity (Wildman–Crippen MR) is 98.4 cm³/mol. The maximum absolute atomic E-state index is 11.9. The summed E-state index contributed by atoms with van der Waals surface area (Å²) in [5, 5.41) is 0. The number of carbonyl (C=O) groups is 1. The van der Waals surface area contributed by atoms with Crippen LogP contribution in [0.15, 0.2) is 77.2 Å². The van der Waals surface area contributed by atoms with Crippen LogP contribution in [0.25, 0.3) is 0 Å². The van der Waals surface area contributed by atoms with Gasteiger partial charge in [0.15, 0.2) is 0 Å². The first kappa shape index (κ1) is 18.1. The van der Waals surface area contributed by atoms with Gasteiger partial charge in [0.25, 0.3) is 0 Å². The van der Waals surface area contributed by atoms with Gasteiger partial charge < -0.3 is 9.47 Å². The summed E-state index contributed by atoms with van der Waals surface area (Å²) in [6.07, 6.45) is 2.76. The number of hydrogen-bond acceptors (Lipinski definition) is 4. The smallest absolute Gasteiger partial charge is 0.333 e. The molecule has 2 aromatic rings. The van der Waals surface area contributed by atoms with Crippen LogP contribution >= 0.6 is 11.8 Å². The molecule has 0 aliphatic rings. The van der Waals surface area contributed by atoms with E-state index in [-0.39, 0.29) is 12.6 Å². The maximum atomic E-state index is 11.9. The average molecular weight is 342 g/mol. The number of thioether (sulfide) groups is 1. The lowest BCUT2D eigenvalue weighted by Crippen LogP contribution is -2.12. The second-order valence-electron chi connectivity index (χ2n) is 5.13. The van der Waals surface area contributed by atoms with Gasteiger partial charge in [-0.05, 0) is 37.6 Å². The Kier molecular flexibility index (Phi) is 7.98. The molecule has 2 rings (SSSR count). The van der Waals surface area contributed by atoms with Gasteiger partial charge in [0.2, 0.25) is 0 Å². The predicted octanol–water partition coefficient (Wildman–Crippen LogP) is 4.74. The molecular weight excluding hydrogens is 320 g/mol. The molecule has 2 aromatic carbocycles. The number of hydrogen-bond donors (Lipinski definition) is 0. The van der Waals surface area contributed by atoms with E-state index >= 15 is 0 Å². The van der Waals surface area contributed by atoms with Gasteiger partial charge in [0.1, 0.15) is 19.0 Å². The Hall–Kier alpha value is -2.20. The third-order valence-corrected chi connectivity index (χ3v) is 4.28. The lowest BCUT2D eigenvalue weighted by atomic mass is 10.2. The zero-order valence-electron chi connectivity index (χ0n) is 13.8. The zero-order chi connectivity index (χ0) is 17.0. The molecule has 126 valence electrons. The summed E-state index contributed by atoms with van der Waals surface area (Å²) in [5.74, 6) is 1.43. The van der Waals surface area contributed by atoms with Gasteiger partial charge >= 0.3 is 5.97 Å². The van der Waals surface area contributed by atoms with Crippen LogP contribution < -0.4 is 4.74 Å². The quantitative estimate of drug-likeness (QED) is 0.285. The Balaban J connectivity index is 1.60. The van der Waals surface area contributed by atoms with Crippen LogP contribution in [0.2, 0.25) is 0 Å². The molecule has 0 unspecified atom stereocenters. The summed E-state index contributed by atoms with van der Waals surface area (Å²) >= 11 is 1.78. The molecule has 0 amide bonds. The number of allylic oxidation sites excluding steroid dienone is 1. The molecule has 0 atom stereocenters. The first-order valence-electron chi connectivity index (χ1n) is 7.95. The molecule has 3 nitrogen and oxygen atoms in total. The highest BCUT2D eigenvalue weighted by Crippen LogP contribution is 2.18. The summed E-state index contributed by atoms with van der Waals surface area (Å²) in [6.45, 7) is 2.39. The SMILES string of the molecule is CC(=CCCSc1ccccc1)C(=O)OCCOc1ccccc1. The van der Waals surface area contributed by atoms with Crippen molar-refractivity contribution in [2.24, 2.45) is 0 Å². The fraction of sp³-hybridized carbons (Fsp3) is 0.250. The van der Waals surface area contributed by atoms with Crippen LogP contribution in [0.5, 0.6) is 5.75 Å². The van der Waals surface area contributed by atoms with Gasteiger partial charge in [-0.2, -0.15) is 0 Å². The number of rotatable bonds is 9. The topological polar surface area (TPSA) is 35.5 Å². The van der Waals surface area contributed by atoms with Crippen LogP contribution in [0.1, 0.15) is 13.3 Å². The highest BCUT2D eigenvalue weighted by Gasteiger charge is 2.05. The van der Waals surface area contributed by atoms with E-state index in [1.54, 1.807) is 18.7 Å². The summed E-state index contributed by atoms with van der Waals surface area (Å²) in [6, 6.07) is 19.7. The molecule has 4 heteroatoms. The molecule has 24 heavy (non-hydrogen) atoms. The van der Waals surface area contributed by atoms with Crippen LogP contribution in [0.4, 0.5) is 0 Å². The largest absolute Gasteiger partial charge is 0.490 e. The Labute approximate surface area is 147 Å². The lowest BCUT2D eigenvalue weighted by molar-refractivity contribution is -0.139. The van der Waals surface area contributed by atoms with Crippen LogP contribution in [0.3, 0.4) is 0 Å². The molecule has 0 spiro atoms. The molecule has 0 bridgehead atoms. The number of benzene rings is 2. The Bertz CT molecular complexity index is 638. The molecule has 0 aliphatic carbocycles. The number of ether oxygens (including phenoxy) is 2. The lowest BCUT2D eigenvalue weighted by Gasteiger charge is -2.07. The van der Waals surface area contributed by atoms with E-state index in [4.69, 9.17) is 9.47 Å². The average Bonchev–Trinajstić information content (AvgIpc) is 2.63. The van der Waals surface area contributed by atoms with Crippen LogP contribution in [0, 0.1) is 0 Å². The second-order valence-corrected chi connectivity index (χ2v) is 6.30. The summed E-state index contributed by atoms with van der Waals surface area (Å²) < 4.78 is 10.7. The molecule has 0 saturated heterocycles. The minimum Gasteiger partial charge on any atom is -0.490 e. The Morgan fingerprint density at radius 1 is 1.00 bits per heavy atom. The third-order valence-electron chi connectivity index (χ3n) is 3.23. The third kappa shape index (κ3) is 6.92. The van der Waals surface area contributed by atoms with Gasteiger partial charge in [-0.25, -0.2) is 4.79 Å². The van der Waals surface area contributed by atoms with Crippen molar-refractivity contribution < 1.29 is 14.3 Å². The summed E-state index contributed by atoms with van der Waals surface area (Å²) in [7, 11) is 0. The van der Waals surface area contributed by atoms with Crippen molar-refractivity contribution in [3.05, 3.63) is 72.3 Å². The number of carbonyl (C=O) groups excluding carboxylic acids is 1. The second kappa shape index (κ2) is 10.6. The van der Waals surface area contributed by atoms with Gasteiger partial charge in [0, 0.05) is 16.2 Å². The number of para-hydroxylation sites is 1. The minimum absolute atomic E-state index is 0.248. The maximum Gasteiger partial charge on any atom is 0.333 e. The van der Waals surface area contributed by atoms with Crippen molar-refractivity contribution in [1.29, 1.82) is 0 Å². The summed E-state index contributed by atoms with van der Waals surface area (Å²) in [5.41, 5.74) is 0.642. The normalized spacial score (nSPS) is 11.1. The van der Waals surface area contributed by atoms with E-state index in [1.165, 1.54) is 4.90 Å². The fourth-order valence-electron chi connectivity index (χ4n) is 1.98. The highest BCUT2D eigenvalue weighted by atomic mass is 32.2. The van der Waals surface area contributed by atoms with E-state index in [0.717, 1.165) is 17.9 Å². The van der Waals surface area contributed by atoms with Crippen molar-refractivity contribution >= 4 is 17.7 Å². The van der Waals surface area contributed by atoms with Gasteiger partial charge in [-0.1, -0.05) is 42.5 Å². The number of esters is 1. The van der Waals surface area contributed by atoms with E-state index in [0.29, 0.717) is 12.2 Å². The molecule has 0 aromatic heterocycles. The van der Waals surface area contributed by atoms with Gasteiger partial charge in [0.05, 0.1) is 0 Å². The standard InChI is InChI=1S/C20H22O3S/c1-17(9-8-16-24-19-12-6-3-7-13-19)20(21)23-15-14-22-18-10-4-2-5-11-18/h2-7,9-13H,8,14-16H2,1H3. The minimum atomic E-state index is -0.281. The van der Waals surface area contributed by atoms with Crippen LogP contribution in [-0.4, -0.2) is 24.9 Å². The molecule has 0 heterocycles. The molecule has 0 saturated carbocycles. The van der Waals surface area contributed by atoms with E-state index in [2.05, 4.69) is 12.1 Å². The van der Waals surface area contributed by atoms with Crippen molar-refractivity contribution in [3.63, 3.8) is 0 Å². The first-order chi connectivity index (χ1) is 11.8. The molecule has 0 radical (unpaired) electrons. The first-order valence-corrected chi connectivity index (χ1v) is 8.94. The fourth-order valence-corrected chi connectivity index (χ4v) is 2.80. The van der Waals surface area contributed by atoms with E-state index in [9.17, 15) is 4.79 Å². The summed E-state index contributed by atoms with van der Waals surface area (Å²) in [4.78, 5) is 13.1. The zero-order valence-corrected chi connectivity index (χ0v) is 14.6. The van der Waals surface area contributed by atoms with Gasteiger partial charge in [-0.3, -0.25) is 0 Å². The monoisotopic (exact) mass is 342 g/mol.